The number of rotatable bonds is 2. The summed E-state index contributed by atoms with van der Waals surface area (Å²) in [5, 5.41) is 1.59. The zero-order valence-electron chi connectivity index (χ0n) is 13.1. The number of likely N-dealkylation sites (tertiary alicyclic amines) is 1. The van der Waals surface area contributed by atoms with Gasteiger partial charge in [0.15, 0.2) is 0 Å². The fourth-order valence-corrected chi connectivity index (χ4v) is 3.43. The van der Waals surface area contributed by atoms with Gasteiger partial charge < -0.3 is 14.8 Å². The molecule has 0 radical (unpaired) electrons. The zero-order chi connectivity index (χ0) is 15.7. The first kappa shape index (κ1) is 15.4. The zero-order valence-corrected chi connectivity index (χ0v) is 13.9. The lowest BCUT2D eigenvalue weighted by Crippen LogP contribution is -2.34. The monoisotopic (exact) mass is 319 g/mol. The Labute approximate surface area is 136 Å². The first-order valence-corrected chi connectivity index (χ1v) is 8.17. The molecule has 0 spiro atoms. The quantitative estimate of drug-likeness (QED) is 0.921. The molecule has 118 valence electrons. The van der Waals surface area contributed by atoms with Gasteiger partial charge in [-0.2, -0.15) is 0 Å². The van der Waals surface area contributed by atoms with E-state index in [1.54, 1.807) is 0 Å². The van der Waals surface area contributed by atoms with Crippen molar-refractivity contribution in [2.75, 3.05) is 27.2 Å². The summed E-state index contributed by atoms with van der Waals surface area (Å²) in [4.78, 5) is 20.2. The second-order valence-electron chi connectivity index (χ2n) is 6.22. The van der Waals surface area contributed by atoms with Gasteiger partial charge in [-0.25, -0.2) is 0 Å². The van der Waals surface area contributed by atoms with E-state index in [9.17, 15) is 4.79 Å². The van der Waals surface area contributed by atoms with Crippen molar-refractivity contribution < 1.29 is 4.79 Å². The topological polar surface area (TPSA) is 39.3 Å². The summed E-state index contributed by atoms with van der Waals surface area (Å²) in [6.07, 6.45) is 3.23. The number of carbonyl (C=O) groups is 1. The standard InChI is InChI=1S/C17H22ClN3O/c1-20(2)12-5-4-9-21(10-8-12)17(22)16-11-13-14(18)6-3-7-15(13)19-16/h3,6-7,11-12,19H,4-5,8-10H2,1-2H3/t12-/m0/s1. The normalized spacial score (nSPS) is 19.6. The number of nitrogens with one attached hydrogen (secondary N) is 1. The number of nitrogens with zero attached hydrogens (tertiary/aromatic N) is 2. The number of halogens is 1. The number of amides is 1. The SMILES string of the molecule is CN(C)[C@H]1CCCN(C(=O)c2cc3c(Cl)cccc3[nH]2)CC1. The molecule has 3 rings (SSSR count). The molecule has 1 N–H and O–H groups in total. The average Bonchev–Trinajstić information content (AvgIpc) is 2.77. The van der Waals surface area contributed by atoms with Gasteiger partial charge in [0.2, 0.25) is 0 Å². The third-order valence-corrected chi connectivity index (χ3v) is 4.89. The number of hydrogen-bond acceptors (Lipinski definition) is 2. The van der Waals surface area contributed by atoms with Crippen LogP contribution < -0.4 is 0 Å². The van der Waals surface area contributed by atoms with Gasteiger partial charge in [0.05, 0.1) is 0 Å². The van der Waals surface area contributed by atoms with Crippen LogP contribution in [0.2, 0.25) is 5.02 Å². The van der Waals surface area contributed by atoms with Crippen molar-refractivity contribution in [1.82, 2.24) is 14.8 Å². The van der Waals surface area contributed by atoms with Gasteiger partial charge in [0.1, 0.15) is 5.69 Å². The van der Waals surface area contributed by atoms with Crippen molar-refractivity contribution >= 4 is 28.4 Å². The minimum Gasteiger partial charge on any atom is -0.350 e. The van der Waals surface area contributed by atoms with Crippen molar-refractivity contribution in [1.29, 1.82) is 0 Å². The molecule has 1 saturated heterocycles. The number of hydrogen-bond donors (Lipinski definition) is 1. The highest BCUT2D eigenvalue weighted by Gasteiger charge is 2.23. The van der Waals surface area contributed by atoms with Gasteiger partial charge in [0, 0.05) is 35.1 Å². The van der Waals surface area contributed by atoms with Crippen LogP contribution in [0.1, 0.15) is 29.8 Å². The highest BCUT2D eigenvalue weighted by atomic mass is 35.5. The molecular weight excluding hydrogens is 298 g/mol. The number of H-pyrrole nitrogens is 1. The predicted octanol–water partition coefficient (Wildman–Crippen LogP) is 3.38. The predicted molar refractivity (Wildman–Crippen MR) is 90.5 cm³/mol. The first-order chi connectivity index (χ1) is 10.6. The minimum absolute atomic E-state index is 0.0756. The van der Waals surface area contributed by atoms with Gasteiger partial charge in [-0.1, -0.05) is 17.7 Å². The molecule has 1 aromatic heterocycles. The van der Waals surface area contributed by atoms with Gasteiger partial charge in [-0.05, 0) is 51.6 Å². The molecule has 1 aliphatic heterocycles. The summed E-state index contributed by atoms with van der Waals surface area (Å²) in [5.74, 6) is 0.0756. The average molecular weight is 320 g/mol. The number of aromatic amines is 1. The van der Waals surface area contributed by atoms with Crippen LogP contribution >= 0.6 is 11.6 Å². The maximum absolute atomic E-state index is 12.7. The van der Waals surface area contributed by atoms with Crippen molar-refractivity contribution in [2.45, 2.75) is 25.3 Å². The van der Waals surface area contributed by atoms with E-state index in [1.807, 2.05) is 29.2 Å². The van der Waals surface area contributed by atoms with Crippen LogP contribution in [0.25, 0.3) is 10.9 Å². The fourth-order valence-electron chi connectivity index (χ4n) is 3.20. The molecule has 2 aromatic rings. The highest BCUT2D eigenvalue weighted by Crippen LogP contribution is 2.25. The first-order valence-electron chi connectivity index (χ1n) is 7.79. The molecule has 0 aliphatic carbocycles. The number of carbonyl (C=O) groups excluding carboxylic acids is 1. The van der Waals surface area contributed by atoms with E-state index >= 15 is 0 Å². The summed E-state index contributed by atoms with van der Waals surface area (Å²) >= 11 is 6.19. The largest absolute Gasteiger partial charge is 0.350 e. The Hall–Kier alpha value is -1.52. The van der Waals surface area contributed by atoms with Gasteiger partial charge in [0.25, 0.3) is 5.91 Å². The molecule has 22 heavy (non-hydrogen) atoms. The molecule has 1 atom stereocenters. The molecule has 5 heteroatoms. The molecule has 0 bridgehead atoms. The van der Waals surface area contributed by atoms with E-state index in [1.165, 1.54) is 0 Å². The fraction of sp³-hybridized carbons (Fsp3) is 0.471. The van der Waals surface area contributed by atoms with Crippen LogP contribution in [0.3, 0.4) is 0 Å². The van der Waals surface area contributed by atoms with Gasteiger partial charge in [-0.15, -0.1) is 0 Å². The van der Waals surface area contributed by atoms with E-state index in [2.05, 4.69) is 24.0 Å². The molecule has 1 fully saturated rings. The van der Waals surface area contributed by atoms with Gasteiger partial charge in [-0.3, -0.25) is 4.79 Å². The van der Waals surface area contributed by atoms with E-state index in [0.717, 1.165) is 43.3 Å². The molecular formula is C17H22ClN3O. The molecule has 0 saturated carbocycles. The van der Waals surface area contributed by atoms with Crippen molar-refractivity contribution in [3.63, 3.8) is 0 Å². The lowest BCUT2D eigenvalue weighted by Gasteiger charge is -2.23. The van der Waals surface area contributed by atoms with E-state index in [0.29, 0.717) is 16.8 Å². The lowest BCUT2D eigenvalue weighted by molar-refractivity contribution is 0.0753. The number of benzene rings is 1. The Morgan fingerprint density at radius 2 is 2.14 bits per heavy atom. The lowest BCUT2D eigenvalue weighted by atomic mass is 10.1. The Bertz CT molecular complexity index is 680. The Morgan fingerprint density at radius 3 is 2.86 bits per heavy atom. The number of aromatic nitrogens is 1. The summed E-state index contributed by atoms with van der Waals surface area (Å²) < 4.78 is 0. The van der Waals surface area contributed by atoms with Crippen LogP contribution in [0.5, 0.6) is 0 Å². The van der Waals surface area contributed by atoms with E-state index < -0.39 is 0 Å². The molecule has 1 amide bonds. The van der Waals surface area contributed by atoms with Crippen LogP contribution in [-0.2, 0) is 0 Å². The summed E-state index contributed by atoms with van der Waals surface area (Å²) in [5.41, 5.74) is 1.54. The van der Waals surface area contributed by atoms with Crippen molar-refractivity contribution in [2.24, 2.45) is 0 Å². The molecule has 0 unspecified atom stereocenters. The van der Waals surface area contributed by atoms with Gasteiger partial charge >= 0.3 is 0 Å². The molecule has 1 aliphatic rings. The van der Waals surface area contributed by atoms with Crippen molar-refractivity contribution in [3.8, 4) is 0 Å². The maximum Gasteiger partial charge on any atom is 0.270 e. The molecule has 1 aromatic carbocycles. The maximum atomic E-state index is 12.7. The molecule has 4 nitrogen and oxygen atoms in total. The van der Waals surface area contributed by atoms with Crippen LogP contribution in [0.4, 0.5) is 0 Å². The molecule has 2 heterocycles. The van der Waals surface area contributed by atoms with E-state index in [-0.39, 0.29) is 5.91 Å². The summed E-state index contributed by atoms with van der Waals surface area (Å²) in [6, 6.07) is 8.12. The van der Waals surface area contributed by atoms with Crippen LogP contribution in [0, 0.1) is 0 Å². The smallest absolute Gasteiger partial charge is 0.270 e. The third-order valence-electron chi connectivity index (χ3n) is 4.56. The minimum atomic E-state index is 0.0756. The third kappa shape index (κ3) is 2.99. The Morgan fingerprint density at radius 1 is 1.32 bits per heavy atom. The summed E-state index contributed by atoms with van der Waals surface area (Å²) in [6.45, 7) is 1.64. The van der Waals surface area contributed by atoms with E-state index in [4.69, 9.17) is 11.6 Å². The summed E-state index contributed by atoms with van der Waals surface area (Å²) in [7, 11) is 4.23. The second kappa shape index (κ2) is 6.31. The number of fused-ring (bicyclic) bond motifs is 1. The highest BCUT2D eigenvalue weighted by molar-refractivity contribution is 6.35. The Balaban J connectivity index is 1.79. The van der Waals surface area contributed by atoms with Crippen LogP contribution in [0.15, 0.2) is 24.3 Å². The second-order valence-corrected chi connectivity index (χ2v) is 6.63. The van der Waals surface area contributed by atoms with Crippen LogP contribution in [-0.4, -0.2) is 53.9 Å². The Kier molecular flexibility index (Phi) is 4.41. The van der Waals surface area contributed by atoms with Crippen molar-refractivity contribution in [3.05, 3.63) is 35.0 Å².